The van der Waals surface area contributed by atoms with Crippen LogP contribution in [0.25, 0.3) is 10.9 Å². The summed E-state index contributed by atoms with van der Waals surface area (Å²) < 4.78 is 22.6. The van der Waals surface area contributed by atoms with Crippen LogP contribution in [0.4, 0.5) is 10.1 Å². The summed E-state index contributed by atoms with van der Waals surface area (Å²) in [5.41, 5.74) is 5.21. The van der Waals surface area contributed by atoms with Gasteiger partial charge in [-0.05, 0) is 81.5 Å². The average molecular weight is 542 g/mol. The maximum Gasteiger partial charge on any atom is 0.193 e. The van der Waals surface area contributed by atoms with E-state index in [0.29, 0.717) is 29.6 Å². The number of ether oxygens (including phenoxy) is 1. The molecule has 2 aliphatic rings. The Morgan fingerprint density at radius 1 is 1.05 bits per heavy atom. The molecule has 4 heterocycles. The standard InChI is InChI=1S/C32H36FN5O2/c1-21-6-7-26(16-35-21)36-14-4-5-27(20-36)37(17-23-12-13-34-22(2)15-23)18-24-19-38(25-8-9-25)31-28(32(24)39)10-11-29(40-3)30(31)33/h6-7,10-13,15-16,19,25,27H,4-5,8-9,14,17-18,20H2,1-3H3/t27-/m0/s1. The van der Waals surface area contributed by atoms with E-state index in [0.717, 1.165) is 55.8 Å². The predicted octanol–water partition coefficient (Wildman–Crippen LogP) is 5.56. The lowest BCUT2D eigenvalue weighted by atomic mass is 10.0. The second-order valence-corrected chi connectivity index (χ2v) is 11.2. The summed E-state index contributed by atoms with van der Waals surface area (Å²) in [5, 5.41) is 0.415. The summed E-state index contributed by atoms with van der Waals surface area (Å²) in [5.74, 6) is -0.300. The summed E-state index contributed by atoms with van der Waals surface area (Å²) in [4.78, 5) is 27.6. The fourth-order valence-electron chi connectivity index (χ4n) is 5.96. The molecule has 0 bridgehead atoms. The summed E-state index contributed by atoms with van der Waals surface area (Å²) >= 11 is 0. The van der Waals surface area contributed by atoms with Gasteiger partial charge in [0, 0.05) is 73.0 Å². The van der Waals surface area contributed by atoms with Gasteiger partial charge in [0.05, 0.1) is 24.5 Å². The summed E-state index contributed by atoms with van der Waals surface area (Å²) in [6.45, 7) is 7.02. The molecule has 1 saturated carbocycles. The number of nitrogens with zero attached hydrogens (tertiary/aromatic N) is 5. The monoisotopic (exact) mass is 541 g/mol. The van der Waals surface area contributed by atoms with Crippen LogP contribution >= 0.6 is 0 Å². The predicted molar refractivity (Wildman–Crippen MR) is 155 cm³/mol. The highest BCUT2D eigenvalue weighted by atomic mass is 19.1. The van der Waals surface area contributed by atoms with Crippen LogP contribution in [-0.2, 0) is 13.1 Å². The fraction of sp³-hybridized carbons (Fsp3) is 0.406. The first-order valence-corrected chi connectivity index (χ1v) is 14.1. The van der Waals surface area contributed by atoms with E-state index in [2.05, 4.69) is 44.0 Å². The Balaban J connectivity index is 1.38. The quantitative estimate of drug-likeness (QED) is 0.291. The van der Waals surface area contributed by atoms with Crippen molar-refractivity contribution in [2.75, 3.05) is 25.1 Å². The first kappa shape index (κ1) is 26.4. The van der Waals surface area contributed by atoms with E-state index in [9.17, 15) is 4.79 Å². The number of hydrogen-bond acceptors (Lipinski definition) is 6. The van der Waals surface area contributed by atoms with Crippen LogP contribution in [0, 0.1) is 19.7 Å². The van der Waals surface area contributed by atoms with E-state index in [1.54, 1.807) is 12.1 Å². The largest absolute Gasteiger partial charge is 0.494 e. The molecule has 0 amide bonds. The van der Waals surface area contributed by atoms with Crippen LogP contribution in [0.15, 0.2) is 59.8 Å². The maximum absolute atomic E-state index is 15.4. The molecule has 208 valence electrons. The van der Waals surface area contributed by atoms with Gasteiger partial charge in [0.15, 0.2) is 17.0 Å². The lowest BCUT2D eigenvalue weighted by molar-refractivity contribution is 0.158. The number of benzene rings is 1. The van der Waals surface area contributed by atoms with Gasteiger partial charge < -0.3 is 14.2 Å². The van der Waals surface area contributed by atoms with Crippen LogP contribution in [0.1, 0.15) is 54.2 Å². The van der Waals surface area contributed by atoms with Crippen molar-refractivity contribution < 1.29 is 9.13 Å². The second-order valence-electron chi connectivity index (χ2n) is 11.2. The van der Waals surface area contributed by atoms with Gasteiger partial charge in [0.25, 0.3) is 0 Å². The number of rotatable bonds is 8. The highest BCUT2D eigenvalue weighted by molar-refractivity contribution is 5.82. The molecule has 3 aromatic heterocycles. The van der Waals surface area contributed by atoms with Crippen molar-refractivity contribution in [3.05, 3.63) is 93.5 Å². The molecular formula is C32H36FN5O2. The molecule has 7 nitrogen and oxygen atoms in total. The van der Waals surface area contributed by atoms with E-state index in [-0.39, 0.29) is 23.3 Å². The zero-order valence-corrected chi connectivity index (χ0v) is 23.4. The first-order chi connectivity index (χ1) is 19.4. The third-order valence-corrected chi connectivity index (χ3v) is 8.22. The third-order valence-electron chi connectivity index (χ3n) is 8.22. The molecule has 40 heavy (non-hydrogen) atoms. The summed E-state index contributed by atoms with van der Waals surface area (Å²) in [7, 11) is 1.46. The Morgan fingerprint density at radius 2 is 1.90 bits per heavy atom. The van der Waals surface area contributed by atoms with Crippen LogP contribution in [0.3, 0.4) is 0 Å². The van der Waals surface area contributed by atoms with Crippen molar-refractivity contribution in [3.8, 4) is 5.75 Å². The lowest BCUT2D eigenvalue weighted by Crippen LogP contribution is -2.48. The number of piperidine rings is 1. The number of halogens is 1. The highest BCUT2D eigenvalue weighted by Gasteiger charge is 2.30. The molecule has 1 aliphatic carbocycles. The molecule has 2 fully saturated rings. The molecule has 1 saturated heterocycles. The van der Waals surface area contributed by atoms with E-state index in [4.69, 9.17) is 4.74 Å². The zero-order chi connectivity index (χ0) is 27.8. The van der Waals surface area contributed by atoms with Gasteiger partial charge in [-0.1, -0.05) is 0 Å². The second kappa shape index (κ2) is 11.0. The smallest absolute Gasteiger partial charge is 0.193 e. The molecule has 1 aliphatic heterocycles. The Bertz CT molecular complexity index is 1580. The summed E-state index contributed by atoms with van der Waals surface area (Å²) in [6.07, 6.45) is 9.76. The SMILES string of the molecule is COc1ccc2c(=O)c(CN(Cc3ccnc(C)c3)[C@H]3CCCN(c4ccc(C)nc4)C3)cn(C3CC3)c2c1F. The molecule has 8 heteroatoms. The van der Waals surface area contributed by atoms with Crippen molar-refractivity contribution in [2.45, 2.75) is 64.7 Å². The third kappa shape index (κ3) is 5.32. The van der Waals surface area contributed by atoms with Gasteiger partial charge in [0.1, 0.15) is 0 Å². The number of fused-ring (bicyclic) bond motifs is 1. The molecular weight excluding hydrogens is 505 g/mol. The van der Waals surface area contributed by atoms with Crippen LogP contribution in [0.5, 0.6) is 5.75 Å². The van der Waals surface area contributed by atoms with E-state index >= 15 is 4.39 Å². The first-order valence-electron chi connectivity index (χ1n) is 14.1. The number of methoxy groups -OCH3 is 1. The maximum atomic E-state index is 15.4. The molecule has 1 aromatic carbocycles. The van der Waals surface area contributed by atoms with Crippen molar-refractivity contribution in [2.24, 2.45) is 0 Å². The minimum Gasteiger partial charge on any atom is -0.494 e. The normalized spacial score (nSPS) is 17.5. The molecule has 0 spiro atoms. The Labute approximate surface area is 234 Å². The average Bonchev–Trinajstić information content (AvgIpc) is 3.80. The van der Waals surface area contributed by atoms with E-state index in [1.807, 2.05) is 37.0 Å². The van der Waals surface area contributed by atoms with E-state index < -0.39 is 5.82 Å². The van der Waals surface area contributed by atoms with Gasteiger partial charge in [-0.15, -0.1) is 0 Å². The van der Waals surface area contributed by atoms with Gasteiger partial charge in [0.2, 0.25) is 0 Å². The van der Waals surface area contributed by atoms with Gasteiger partial charge in [-0.2, -0.15) is 0 Å². The Kier molecular flexibility index (Phi) is 7.27. The molecule has 1 atom stereocenters. The van der Waals surface area contributed by atoms with Crippen molar-refractivity contribution in [1.82, 2.24) is 19.4 Å². The van der Waals surface area contributed by atoms with Crippen LogP contribution in [-0.4, -0.2) is 45.7 Å². The zero-order valence-electron chi connectivity index (χ0n) is 23.4. The minimum absolute atomic E-state index is 0.111. The van der Waals surface area contributed by atoms with Crippen molar-refractivity contribution in [1.29, 1.82) is 0 Å². The topological polar surface area (TPSA) is 63.5 Å². The lowest BCUT2D eigenvalue weighted by Gasteiger charge is -2.40. The minimum atomic E-state index is -0.464. The van der Waals surface area contributed by atoms with Gasteiger partial charge >= 0.3 is 0 Å². The molecule has 4 aromatic rings. The van der Waals surface area contributed by atoms with Gasteiger partial charge in [-0.25, -0.2) is 4.39 Å². The molecule has 0 radical (unpaired) electrons. The summed E-state index contributed by atoms with van der Waals surface area (Å²) in [6, 6.07) is 12.1. The van der Waals surface area contributed by atoms with Crippen LogP contribution in [0.2, 0.25) is 0 Å². The molecule has 0 N–H and O–H groups in total. The highest BCUT2D eigenvalue weighted by Crippen LogP contribution is 2.39. The number of aromatic nitrogens is 3. The number of pyridine rings is 3. The Morgan fingerprint density at radius 3 is 2.62 bits per heavy atom. The van der Waals surface area contributed by atoms with E-state index in [1.165, 1.54) is 12.7 Å². The van der Waals surface area contributed by atoms with Gasteiger partial charge in [-0.3, -0.25) is 19.7 Å². The Hall–Kier alpha value is -3.78. The fourth-order valence-corrected chi connectivity index (χ4v) is 5.96. The van der Waals surface area contributed by atoms with Crippen LogP contribution < -0.4 is 15.1 Å². The number of aryl methyl sites for hydroxylation is 2. The molecule has 0 unspecified atom stereocenters. The number of hydrogen-bond donors (Lipinski definition) is 0. The molecule has 6 rings (SSSR count). The van der Waals surface area contributed by atoms with Crippen molar-refractivity contribution in [3.63, 3.8) is 0 Å². The number of anilines is 1. The van der Waals surface area contributed by atoms with Crippen molar-refractivity contribution >= 4 is 16.6 Å².